The molecule has 160 valence electrons. The van der Waals surface area contributed by atoms with E-state index in [-0.39, 0.29) is 28.9 Å². The van der Waals surface area contributed by atoms with Crippen LogP contribution in [0.4, 0.5) is 11.4 Å². The van der Waals surface area contributed by atoms with Crippen LogP contribution in [0.1, 0.15) is 37.8 Å². The van der Waals surface area contributed by atoms with Crippen molar-refractivity contribution in [3.63, 3.8) is 0 Å². The highest BCUT2D eigenvalue weighted by Gasteiger charge is 2.28. The average molecular weight is 493 g/mol. The van der Waals surface area contributed by atoms with Gasteiger partial charge in [-0.25, -0.2) is 8.42 Å². The molecule has 0 radical (unpaired) electrons. The van der Waals surface area contributed by atoms with Crippen LogP contribution in [0.15, 0.2) is 45.8 Å². The maximum atomic E-state index is 12.9. The Balaban J connectivity index is 1.74. The molecule has 2 amide bonds. The Hall–Kier alpha value is -2.19. The molecule has 0 unspecified atom stereocenters. The van der Waals surface area contributed by atoms with Crippen molar-refractivity contribution in [2.45, 2.75) is 44.4 Å². The number of halogens is 1. The van der Waals surface area contributed by atoms with E-state index in [2.05, 4.69) is 21.2 Å². The van der Waals surface area contributed by atoms with Crippen LogP contribution in [-0.4, -0.2) is 32.5 Å². The zero-order chi connectivity index (χ0) is 21.9. The number of carbonyl (C=O) groups excluding carboxylic acids is 2. The zero-order valence-electron chi connectivity index (χ0n) is 17.1. The molecule has 8 heteroatoms. The number of hydrogen-bond donors (Lipinski definition) is 1. The molecule has 0 spiro atoms. The molecular weight excluding hydrogens is 468 g/mol. The highest BCUT2D eigenvalue weighted by Crippen LogP contribution is 2.36. The summed E-state index contributed by atoms with van der Waals surface area (Å²) in [6.45, 7) is 4.36. The van der Waals surface area contributed by atoms with Gasteiger partial charge in [0, 0.05) is 35.2 Å². The lowest BCUT2D eigenvalue weighted by atomic mass is 10.1. The smallest absolute Gasteiger partial charge is 0.226 e. The summed E-state index contributed by atoms with van der Waals surface area (Å²) in [4.78, 5) is 26.2. The second kappa shape index (κ2) is 9.31. The van der Waals surface area contributed by atoms with Gasteiger partial charge in [0.05, 0.1) is 10.6 Å². The number of anilines is 2. The van der Waals surface area contributed by atoms with Crippen molar-refractivity contribution in [3.05, 3.63) is 52.0 Å². The van der Waals surface area contributed by atoms with Crippen LogP contribution in [0.25, 0.3) is 0 Å². The third-order valence-corrected chi connectivity index (χ3v) is 7.85. The Kier molecular flexibility index (Phi) is 6.98. The summed E-state index contributed by atoms with van der Waals surface area (Å²) in [7, 11) is -3.71. The van der Waals surface area contributed by atoms with Gasteiger partial charge in [0.2, 0.25) is 11.8 Å². The first-order chi connectivity index (χ1) is 14.2. The van der Waals surface area contributed by atoms with Gasteiger partial charge in [-0.2, -0.15) is 0 Å². The molecule has 6 nitrogen and oxygen atoms in total. The van der Waals surface area contributed by atoms with Crippen molar-refractivity contribution in [1.82, 2.24) is 0 Å². The van der Waals surface area contributed by atoms with Gasteiger partial charge in [-0.3, -0.25) is 9.59 Å². The van der Waals surface area contributed by atoms with Crippen LogP contribution in [0.3, 0.4) is 0 Å². The number of nitrogens with one attached hydrogen (secondary N) is 1. The van der Waals surface area contributed by atoms with Gasteiger partial charge in [-0.1, -0.05) is 26.0 Å². The van der Waals surface area contributed by atoms with E-state index in [9.17, 15) is 18.0 Å². The summed E-state index contributed by atoms with van der Waals surface area (Å²) in [6.07, 6.45) is 1.75. The molecule has 0 aliphatic carbocycles. The van der Waals surface area contributed by atoms with Crippen LogP contribution >= 0.6 is 15.9 Å². The van der Waals surface area contributed by atoms with E-state index >= 15 is 0 Å². The van der Waals surface area contributed by atoms with Gasteiger partial charge >= 0.3 is 0 Å². The van der Waals surface area contributed by atoms with Crippen LogP contribution in [0.2, 0.25) is 0 Å². The van der Waals surface area contributed by atoms with Crippen molar-refractivity contribution >= 4 is 49.0 Å². The molecule has 1 heterocycles. The van der Waals surface area contributed by atoms with E-state index in [4.69, 9.17) is 0 Å². The van der Waals surface area contributed by atoms with E-state index in [1.807, 2.05) is 25.1 Å². The largest absolute Gasteiger partial charge is 0.326 e. The highest BCUT2D eigenvalue weighted by molar-refractivity contribution is 9.10. The highest BCUT2D eigenvalue weighted by atomic mass is 79.9. The monoisotopic (exact) mass is 492 g/mol. The van der Waals surface area contributed by atoms with Gasteiger partial charge in [0.15, 0.2) is 9.84 Å². The van der Waals surface area contributed by atoms with Crippen molar-refractivity contribution in [2.75, 3.05) is 22.5 Å². The van der Waals surface area contributed by atoms with E-state index in [1.165, 1.54) is 0 Å². The molecule has 0 aromatic heterocycles. The topological polar surface area (TPSA) is 83.6 Å². The first-order valence-electron chi connectivity index (χ1n) is 9.99. The lowest BCUT2D eigenvalue weighted by molar-refractivity contribution is -0.118. The molecule has 1 aliphatic rings. The minimum Gasteiger partial charge on any atom is -0.326 e. The first-order valence-corrected chi connectivity index (χ1v) is 12.4. The van der Waals surface area contributed by atoms with Crippen LogP contribution in [0.5, 0.6) is 0 Å². The molecule has 0 saturated heterocycles. The van der Waals surface area contributed by atoms with Gasteiger partial charge in [-0.15, -0.1) is 0 Å². The Bertz CT molecular complexity index is 1080. The zero-order valence-corrected chi connectivity index (χ0v) is 19.5. The number of carbonyl (C=O) groups is 2. The van der Waals surface area contributed by atoms with E-state index in [0.29, 0.717) is 35.2 Å². The number of hydrogen-bond acceptors (Lipinski definition) is 4. The number of sulfone groups is 1. The second-order valence-corrected chi connectivity index (χ2v) is 10.2. The molecule has 30 heavy (non-hydrogen) atoms. The Labute approximate surface area is 185 Å². The van der Waals surface area contributed by atoms with Gasteiger partial charge < -0.3 is 10.2 Å². The molecule has 0 atom stereocenters. The lowest BCUT2D eigenvalue weighted by Crippen LogP contribution is -2.28. The predicted octanol–water partition coefficient (Wildman–Crippen LogP) is 4.11. The standard InChI is InChI=1S/C22H25BrN2O4S/c1-3-15-6-5-7-17(12-15)24-21(26)9-11-30(28,29)20-14-19-16(13-18(20)23)8-10-25(19)22(27)4-2/h5-7,12-14H,3-4,8-11H2,1-2H3,(H,24,26). The number of aryl methyl sites for hydroxylation is 1. The van der Waals surface area contributed by atoms with Gasteiger partial charge in [-0.05, 0) is 64.2 Å². The number of fused-ring (bicyclic) bond motifs is 1. The summed E-state index contributed by atoms with van der Waals surface area (Å²) in [5.74, 6) is -0.703. The molecule has 1 aliphatic heterocycles. The third kappa shape index (κ3) is 4.92. The molecule has 0 fully saturated rings. The Morgan fingerprint density at radius 2 is 1.93 bits per heavy atom. The fourth-order valence-electron chi connectivity index (χ4n) is 3.51. The minimum atomic E-state index is -3.71. The number of nitrogens with zero attached hydrogens (tertiary/aromatic N) is 1. The van der Waals surface area contributed by atoms with Gasteiger partial charge in [0.1, 0.15) is 0 Å². The molecule has 2 aromatic carbocycles. The Morgan fingerprint density at radius 1 is 1.17 bits per heavy atom. The number of rotatable bonds is 7. The SMILES string of the molecule is CCC(=O)N1CCc2cc(Br)c(S(=O)(=O)CCC(=O)Nc3cccc(CC)c3)cc21. The molecule has 0 saturated carbocycles. The number of benzene rings is 2. The second-order valence-electron chi connectivity index (χ2n) is 7.23. The average Bonchev–Trinajstić information content (AvgIpc) is 3.14. The van der Waals surface area contributed by atoms with Crippen LogP contribution in [0, 0.1) is 0 Å². The van der Waals surface area contributed by atoms with E-state index in [0.717, 1.165) is 17.5 Å². The fraction of sp³-hybridized carbons (Fsp3) is 0.364. The summed E-state index contributed by atoms with van der Waals surface area (Å²) in [5, 5.41) is 2.76. The summed E-state index contributed by atoms with van der Waals surface area (Å²) in [5.41, 5.74) is 3.33. The van der Waals surface area contributed by atoms with Crippen molar-refractivity contribution < 1.29 is 18.0 Å². The van der Waals surface area contributed by atoms with E-state index < -0.39 is 9.84 Å². The maximum absolute atomic E-state index is 12.9. The third-order valence-electron chi connectivity index (χ3n) is 5.18. The summed E-state index contributed by atoms with van der Waals surface area (Å²) < 4.78 is 26.3. The minimum absolute atomic E-state index is 0.0342. The van der Waals surface area contributed by atoms with E-state index in [1.54, 1.807) is 30.0 Å². The predicted molar refractivity (Wildman–Crippen MR) is 122 cm³/mol. The summed E-state index contributed by atoms with van der Waals surface area (Å²) >= 11 is 3.35. The molecule has 2 aromatic rings. The Morgan fingerprint density at radius 3 is 2.63 bits per heavy atom. The number of amides is 2. The lowest BCUT2D eigenvalue weighted by Gasteiger charge is -2.18. The van der Waals surface area contributed by atoms with Crippen LogP contribution in [-0.2, 0) is 32.3 Å². The first kappa shape index (κ1) is 22.5. The van der Waals surface area contributed by atoms with Crippen molar-refractivity contribution in [3.8, 4) is 0 Å². The molecule has 1 N–H and O–H groups in total. The maximum Gasteiger partial charge on any atom is 0.226 e. The van der Waals surface area contributed by atoms with Gasteiger partial charge in [0.25, 0.3) is 0 Å². The molecular formula is C22H25BrN2O4S. The van der Waals surface area contributed by atoms with Crippen molar-refractivity contribution in [1.29, 1.82) is 0 Å². The summed E-state index contributed by atoms with van der Waals surface area (Å²) in [6, 6.07) is 10.8. The molecule has 0 bridgehead atoms. The quantitative estimate of drug-likeness (QED) is 0.629. The van der Waals surface area contributed by atoms with Crippen LogP contribution < -0.4 is 10.2 Å². The fourth-order valence-corrected chi connectivity index (χ4v) is 5.96. The van der Waals surface area contributed by atoms with Crippen molar-refractivity contribution in [2.24, 2.45) is 0 Å². The normalized spacial score (nSPS) is 13.2. The molecule has 3 rings (SSSR count).